The van der Waals surface area contributed by atoms with Crippen LogP contribution in [0.5, 0.6) is 0 Å². The van der Waals surface area contributed by atoms with Gasteiger partial charge in [-0.15, -0.1) is 0 Å². The molecule has 1 N–H and O–H groups in total. The van der Waals surface area contributed by atoms with Crippen LogP contribution in [0.4, 0.5) is 11.4 Å². The standard InChI is InChI=1S/C39H32N2/c1-2-11-38-36(35-17-8-9-19-39(35)41(38)33-14-4-3-5-15-33)18-10-12-28-20-23-31(24-21-28)40-32-25-22-30-26-29-13-6-7-16-34(29)37(30)27-32/h2-9,11,13-25,27,40H,1,10,12,26H2/b36-18-,38-11+. The highest BCUT2D eigenvalue weighted by molar-refractivity contribution is 5.84. The summed E-state index contributed by atoms with van der Waals surface area (Å²) < 4.78 is 2.33. The van der Waals surface area contributed by atoms with Crippen LogP contribution in [0.2, 0.25) is 0 Å². The highest BCUT2D eigenvalue weighted by atomic mass is 15.0. The highest BCUT2D eigenvalue weighted by Gasteiger charge is 2.17. The third kappa shape index (κ3) is 4.79. The summed E-state index contributed by atoms with van der Waals surface area (Å²) in [4.78, 5) is 0. The molecule has 0 spiro atoms. The number of allylic oxidation sites excluding steroid dienone is 1. The van der Waals surface area contributed by atoms with E-state index in [2.05, 4.69) is 150 Å². The fraction of sp³-hybridized carbons (Fsp3) is 0.0769. The van der Waals surface area contributed by atoms with Crippen molar-refractivity contribution in [2.24, 2.45) is 0 Å². The van der Waals surface area contributed by atoms with Crippen molar-refractivity contribution in [2.45, 2.75) is 19.3 Å². The Labute approximate surface area is 241 Å². The maximum absolute atomic E-state index is 4.01. The largest absolute Gasteiger partial charge is 0.356 e. The average Bonchev–Trinajstić information content (AvgIpc) is 3.54. The van der Waals surface area contributed by atoms with Crippen LogP contribution in [-0.2, 0) is 12.8 Å². The lowest BCUT2D eigenvalue weighted by atomic mass is 10.0. The number of aromatic nitrogens is 1. The van der Waals surface area contributed by atoms with Gasteiger partial charge in [-0.05, 0) is 95.6 Å². The Bertz CT molecular complexity index is 1990. The zero-order chi connectivity index (χ0) is 27.6. The number of hydrogen-bond donors (Lipinski definition) is 1. The summed E-state index contributed by atoms with van der Waals surface area (Å²) in [6, 6.07) is 43.5. The molecule has 1 aromatic heterocycles. The number of para-hydroxylation sites is 2. The van der Waals surface area contributed by atoms with Crippen LogP contribution in [0.3, 0.4) is 0 Å². The predicted molar refractivity (Wildman–Crippen MR) is 174 cm³/mol. The molecule has 0 saturated carbocycles. The van der Waals surface area contributed by atoms with E-state index in [-0.39, 0.29) is 0 Å². The zero-order valence-corrected chi connectivity index (χ0v) is 23.1. The minimum atomic E-state index is 0.956. The normalized spacial score (nSPS) is 12.9. The minimum Gasteiger partial charge on any atom is -0.356 e. The first kappa shape index (κ1) is 24.9. The molecule has 0 aliphatic heterocycles. The minimum absolute atomic E-state index is 0.956. The van der Waals surface area contributed by atoms with Crippen LogP contribution in [-0.4, -0.2) is 4.57 Å². The van der Waals surface area contributed by atoms with Gasteiger partial charge < -0.3 is 9.88 Å². The Morgan fingerprint density at radius 1 is 0.707 bits per heavy atom. The zero-order valence-electron chi connectivity index (χ0n) is 23.1. The predicted octanol–water partition coefficient (Wildman–Crippen LogP) is 8.33. The Morgan fingerprint density at radius 3 is 2.29 bits per heavy atom. The topological polar surface area (TPSA) is 17.0 Å². The smallest absolute Gasteiger partial charge is 0.0540 e. The summed E-state index contributed by atoms with van der Waals surface area (Å²) in [7, 11) is 0. The number of fused-ring (bicyclic) bond motifs is 4. The molecular formula is C39H32N2. The van der Waals surface area contributed by atoms with Crippen molar-refractivity contribution in [3.05, 3.63) is 161 Å². The van der Waals surface area contributed by atoms with Gasteiger partial charge in [-0.25, -0.2) is 0 Å². The maximum atomic E-state index is 4.01. The summed E-state index contributed by atoms with van der Waals surface area (Å²) in [6.07, 6.45) is 9.35. The van der Waals surface area contributed by atoms with E-state index in [1.165, 1.54) is 49.3 Å². The third-order valence-electron chi connectivity index (χ3n) is 8.06. The van der Waals surface area contributed by atoms with Crippen LogP contribution < -0.4 is 15.9 Å². The molecule has 1 aliphatic rings. The summed E-state index contributed by atoms with van der Waals surface area (Å²) in [5, 5.41) is 7.31. The van der Waals surface area contributed by atoms with Gasteiger partial charge in [0.05, 0.1) is 10.9 Å². The van der Waals surface area contributed by atoms with Crippen LogP contribution in [0.25, 0.3) is 39.9 Å². The van der Waals surface area contributed by atoms with Crippen molar-refractivity contribution >= 4 is 34.4 Å². The van der Waals surface area contributed by atoms with Crippen molar-refractivity contribution < 1.29 is 0 Å². The molecule has 0 radical (unpaired) electrons. The van der Waals surface area contributed by atoms with E-state index in [1.54, 1.807) is 0 Å². The molecule has 6 aromatic rings. The molecule has 0 atom stereocenters. The van der Waals surface area contributed by atoms with Crippen molar-refractivity contribution in [2.75, 3.05) is 5.32 Å². The molecule has 0 bridgehead atoms. The van der Waals surface area contributed by atoms with E-state index in [1.807, 2.05) is 6.08 Å². The molecule has 41 heavy (non-hydrogen) atoms. The molecule has 2 nitrogen and oxygen atoms in total. The molecule has 1 heterocycles. The first-order valence-corrected chi connectivity index (χ1v) is 14.3. The molecule has 0 fully saturated rings. The number of aryl methyl sites for hydroxylation is 1. The summed E-state index contributed by atoms with van der Waals surface area (Å²) in [5.74, 6) is 0. The average molecular weight is 529 g/mol. The number of anilines is 2. The lowest BCUT2D eigenvalue weighted by Crippen LogP contribution is -2.28. The van der Waals surface area contributed by atoms with Crippen LogP contribution >= 0.6 is 0 Å². The van der Waals surface area contributed by atoms with Gasteiger partial charge in [-0.3, -0.25) is 0 Å². The Balaban J connectivity index is 1.12. The van der Waals surface area contributed by atoms with Gasteiger partial charge in [0.1, 0.15) is 0 Å². The summed E-state index contributed by atoms with van der Waals surface area (Å²) in [6.45, 7) is 4.01. The van der Waals surface area contributed by atoms with Crippen molar-refractivity contribution in [1.82, 2.24) is 4.57 Å². The highest BCUT2D eigenvalue weighted by Crippen LogP contribution is 2.38. The van der Waals surface area contributed by atoms with Gasteiger partial charge in [0.25, 0.3) is 0 Å². The second kappa shape index (κ2) is 10.8. The first-order chi connectivity index (χ1) is 20.3. The van der Waals surface area contributed by atoms with Crippen LogP contribution in [0.1, 0.15) is 23.1 Å². The molecule has 0 saturated heterocycles. The van der Waals surface area contributed by atoms with E-state index in [9.17, 15) is 0 Å². The molecule has 7 rings (SSSR count). The van der Waals surface area contributed by atoms with Crippen molar-refractivity contribution in [3.8, 4) is 16.8 Å². The fourth-order valence-corrected chi connectivity index (χ4v) is 6.14. The van der Waals surface area contributed by atoms with Crippen molar-refractivity contribution in [3.63, 3.8) is 0 Å². The SMILES string of the molecule is C=C/C=c1\c(=C/CCc2ccc(Nc3ccc4c(c3)-c3ccccc3C4)cc2)c2ccccc2n1-c1ccccc1. The van der Waals surface area contributed by atoms with Gasteiger partial charge in [0.15, 0.2) is 0 Å². The molecule has 1 aliphatic carbocycles. The van der Waals surface area contributed by atoms with Gasteiger partial charge in [-0.2, -0.15) is 0 Å². The maximum Gasteiger partial charge on any atom is 0.0540 e. The number of nitrogens with zero attached hydrogens (tertiary/aromatic N) is 1. The second-order valence-electron chi connectivity index (χ2n) is 10.7. The second-order valence-corrected chi connectivity index (χ2v) is 10.7. The van der Waals surface area contributed by atoms with Gasteiger partial charge in [0, 0.05) is 27.7 Å². The Hall–Kier alpha value is -5.08. The van der Waals surface area contributed by atoms with Gasteiger partial charge >= 0.3 is 0 Å². The molecular weight excluding hydrogens is 496 g/mol. The fourth-order valence-electron chi connectivity index (χ4n) is 6.14. The lowest BCUT2D eigenvalue weighted by Gasteiger charge is -2.10. The number of nitrogens with one attached hydrogen (secondary N) is 1. The monoisotopic (exact) mass is 528 g/mol. The third-order valence-corrected chi connectivity index (χ3v) is 8.06. The Morgan fingerprint density at radius 2 is 1.44 bits per heavy atom. The molecule has 2 heteroatoms. The van der Waals surface area contributed by atoms with Crippen molar-refractivity contribution in [1.29, 1.82) is 0 Å². The number of benzene rings is 5. The van der Waals surface area contributed by atoms with E-state index in [4.69, 9.17) is 0 Å². The van der Waals surface area contributed by atoms with Gasteiger partial charge in [-0.1, -0.05) is 97.6 Å². The molecule has 5 aromatic carbocycles. The summed E-state index contributed by atoms with van der Waals surface area (Å²) in [5.41, 5.74) is 11.5. The van der Waals surface area contributed by atoms with E-state index in [0.29, 0.717) is 0 Å². The lowest BCUT2D eigenvalue weighted by molar-refractivity contribution is 1.03. The van der Waals surface area contributed by atoms with Gasteiger partial charge in [0.2, 0.25) is 0 Å². The van der Waals surface area contributed by atoms with Crippen LogP contribution in [0, 0.1) is 0 Å². The van der Waals surface area contributed by atoms with E-state index in [0.717, 1.165) is 36.3 Å². The van der Waals surface area contributed by atoms with E-state index >= 15 is 0 Å². The molecule has 0 unspecified atom stereocenters. The molecule has 0 amide bonds. The number of hydrogen-bond acceptors (Lipinski definition) is 1. The quantitative estimate of drug-likeness (QED) is 0.220. The van der Waals surface area contributed by atoms with E-state index < -0.39 is 0 Å². The Kier molecular flexibility index (Phi) is 6.58. The molecule has 198 valence electrons. The first-order valence-electron chi connectivity index (χ1n) is 14.3. The summed E-state index contributed by atoms with van der Waals surface area (Å²) >= 11 is 0. The number of rotatable bonds is 7. The van der Waals surface area contributed by atoms with Crippen LogP contribution in [0.15, 0.2) is 134 Å².